The number of carbonyl (C=O) groups is 1. The average Bonchev–Trinajstić information content (AvgIpc) is 2.58. The van der Waals surface area contributed by atoms with Gasteiger partial charge in [-0.05, 0) is 31.2 Å². The molecule has 1 amide bonds. The van der Waals surface area contributed by atoms with Crippen LogP contribution in [0.15, 0.2) is 36.7 Å². The Morgan fingerprint density at radius 3 is 2.62 bits per heavy atom. The number of hydrogen-bond donors (Lipinski definition) is 1. The molecular formula is C19H24N4O. The van der Waals surface area contributed by atoms with Crippen molar-refractivity contribution in [3.8, 4) is 0 Å². The summed E-state index contributed by atoms with van der Waals surface area (Å²) in [6.45, 7) is 6.34. The summed E-state index contributed by atoms with van der Waals surface area (Å²) < 4.78 is 0. The van der Waals surface area contributed by atoms with E-state index in [0.717, 1.165) is 30.4 Å². The van der Waals surface area contributed by atoms with Gasteiger partial charge in [-0.2, -0.15) is 0 Å². The molecule has 1 aliphatic rings. The molecule has 3 rings (SSSR count). The first-order chi connectivity index (χ1) is 11.6. The number of amides is 1. The largest absolute Gasteiger partial charge is 0.356 e. The number of piperidine rings is 1. The fourth-order valence-electron chi connectivity index (χ4n) is 2.90. The van der Waals surface area contributed by atoms with Crippen LogP contribution in [0, 0.1) is 12.8 Å². The molecule has 1 aromatic carbocycles. The van der Waals surface area contributed by atoms with Gasteiger partial charge in [-0.1, -0.05) is 36.8 Å². The summed E-state index contributed by atoms with van der Waals surface area (Å²) in [7, 11) is 0. The van der Waals surface area contributed by atoms with Crippen LogP contribution in [-0.4, -0.2) is 29.0 Å². The lowest BCUT2D eigenvalue weighted by molar-refractivity contribution is -0.115. The Labute approximate surface area is 143 Å². The first kappa shape index (κ1) is 16.4. The van der Waals surface area contributed by atoms with Crippen LogP contribution in [0.2, 0.25) is 0 Å². The van der Waals surface area contributed by atoms with Crippen molar-refractivity contribution in [2.45, 2.75) is 33.1 Å². The molecule has 5 nitrogen and oxygen atoms in total. The fraction of sp³-hybridized carbons (Fsp3) is 0.421. The van der Waals surface area contributed by atoms with Crippen molar-refractivity contribution in [3.63, 3.8) is 0 Å². The summed E-state index contributed by atoms with van der Waals surface area (Å²) in [5, 5.41) is 2.88. The minimum atomic E-state index is -0.0595. The number of anilines is 2. The van der Waals surface area contributed by atoms with Crippen LogP contribution in [0.5, 0.6) is 0 Å². The maximum atomic E-state index is 12.2. The molecule has 0 bridgehead atoms. The van der Waals surface area contributed by atoms with Crippen molar-refractivity contribution < 1.29 is 4.79 Å². The van der Waals surface area contributed by atoms with E-state index in [0.29, 0.717) is 12.2 Å². The molecule has 0 saturated carbocycles. The van der Waals surface area contributed by atoms with Crippen molar-refractivity contribution in [1.29, 1.82) is 0 Å². The lowest BCUT2D eigenvalue weighted by atomic mass is 9.99. The number of nitrogens with one attached hydrogen (secondary N) is 1. The summed E-state index contributed by atoms with van der Waals surface area (Å²) in [5.41, 5.74) is 2.19. The average molecular weight is 324 g/mol. The molecule has 1 saturated heterocycles. The minimum absolute atomic E-state index is 0.0595. The highest BCUT2D eigenvalue weighted by atomic mass is 16.1. The van der Waals surface area contributed by atoms with E-state index >= 15 is 0 Å². The van der Waals surface area contributed by atoms with Gasteiger partial charge in [0.2, 0.25) is 5.91 Å². The van der Waals surface area contributed by atoms with Crippen LogP contribution >= 0.6 is 0 Å². The summed E-state index contributed by atoms with van der Waals surface area (Å²) in [4.78, 5) is 23.0. The Morgan fingerprint density at radius 1 is 1.21 bits per heavy atom. The monoisotopic (exact) mass is 324 g/mol. The number of carbonyl (C=O) groups excluding carboxylic acids is 1. The molecule has 2 aromatic rings. The molecule has 24 heavy (non-hydrogen) atoms. The molecule has 5 heteroatoms. The zero-order valence-corrected chi connectivity index (χ0v) is 14.3. The van der Waals surface area contributed by atoms with Gasteiger partial charge < -0.3 is 10.2 Å². The van der Waals surface area contributed by atoms with E-state index < -0.39 is 0 Å². The van der Waals surface area contributed by atoms with Gasteiger partial charge >= 0.3 is 0 Å². The topological polar surface area (TPSA) is 58.1 Å². The first-order valence-corrected chi connectivity index (χ1v) is 8.52. The lowest BCUT2D eigenvalue weighted by Gasteiger charge is -2.31. The normalized spacial score (nSPS) is 15.3. The number of rotatable bonds is 4. The molecular weight excluding hydrogens is 300 g/mol. The van der Waals surface area contributed by atoms with Gasteiger partial charge in [-0.3, -0.25) is 4.79 Å². The molecule has 2 heterocycles. The Kier molecular flexibility index (Phi) is 5.08. The van der Waals surface area contributed by atoms with Crippen LogP contribution in [0.3, 0.4) is 0 Å². The van der Waals surface area contributed by atoms with Gasteiger partial charge in [0.1, 0.15) is 18.0 Å². The third kappa shape index (κ3) is 4.31. The van der Waals surface area contributed by atoms with E-state index in [2.05, 4.69) is 27.1 Å². The molecule has 0 spiro atoms. The fourth-order valence-corrected chi connectivity index (χ4v) is 2.90. The van der Waals surface area contributed by atoms with Gasteiger partial charge in [0.15, 0.2) is 0 Å². The maximum Gasteiger partial charge on any atom is 0.229 e. The summed E-state index contributed by atoms with van der Waals surface area (Å²) in [6, 6.07) is 9.86. The third-order valence-corrected chi connectivity index (χ3v) is 4.51. The zero-order chi connectivity index (χ0) is 16.9. The van der Waals surface area contributed by atoms with Crippen LogP contribution in [0.25, 0.3) is 0 Å². The SMILES string of the molecule is Cc1ccc(CC(=O)Nc2cc(N3CCC(C)CC3)ncn2)cc1. The highest BCUT2D eigenvalue weighted by Gasteiger charge is 2.17. The van der Waals surface area contributed by atoms with Crippen LogP contribution in [0.4, 0.5) is 11.6 Å². The predicted molar refractivity (Wildman–Crippen MR) is 96.2 cm³/mol. The first-order valence-electron chi connectivity index (χ1n) is 8.52. The van der Waals surface area contributed by atoms with E-state index in [1.54, 1.807) is 0 Å². The van der Waals surface area contributed by atoms with E-state index in [4.69, 9.17) is 0 Å². The van der Waals surface area contributed by atoms with Gasteiger partial charge in [0.05, 0.1) is 6.42 Å². The quantitative estimate of drug-likeness (QED) is 0.938. The molecule has 1 aliphatic heterocycles. The van der Waals surface area contributed by atoms with Gasteiger partial charge in [-0.25, -0.2) is 9.97 Å². The van der Waals surface area contributed by atoms with Crippen LogP contribution < -0.4 is 10.2 Å². The van der Waals surface area contributed by atoms with Gasteiger partial charge in [0, 0.05) is 19.2 Å². The van der Waals surface area contributed by atoms with Gasteiger partial charge in [-0.15, -0.1) is 0 Å². The highest BCUT2D eigenvalue weighted by molar-refractivity contribution is 5.91. The minimum Gasteiger partial charge on any atom is -0.356 e. The van der Waals surface area contributed by atoms with Gasteiger partial charge in [0.25, 0.3) is 0 Å². The summed E-state index contributed by atoms with van der Waals surface area (Å²) in [5.74, 6) is 2.17. The smallest absolute Gasteiger partial charge is 0.229 e. The van der Waals surface area contributed by atoms with E-state index in [9.17, 15) is 4.79 Å². The Hall–Kier alpha value is -2.43. The van der Waals surface area contributed by atoms with Crippen molar-refractivity contribution in [2.75, 3.05) is 23.3 Å². The zero-order valence-electron chi connectivity index (χ0n) is 14.3. The Bertz CT molecular complexity index is 691. The molecule has 0 unspecified atom stereocenters. The molecule has 1 N–H and O–H groups in total. The molecule has 0 atom stereocenters. The van der Waals surface area contributed by atoms with Crippen LogP contribution in [0.1, 0.15) is 30.9 Å². The number of aryl methyl sites for hydroxylation is 1. The van der Waals surface area contributed by atoms with Crippen molar-refractivity contribution >= 4 is 17.5 Å². The van der Waals surface area contributed by atoms with E-state index in [1.165, 1.54) is 24.7 Å². The standard InChI is InChI=1S/C19H24N4O/c1-14-3-5-16(6-4-14)11-19(24)22-17-12-18(21-13-20-17)23-9-7-15(2)8-10-23/h3-6,12-13,15H,7-11H2,1-2H3,(H,20,21,22,24). The maximum absolute atomic E-state index is 12.2. The molecule has 0 radical (unpaired) electrons. The molecule has 0 aliphatic carbocycles. The molecule has 126 valence electrons. The number of aromatic nitrogens is 2. The lowest BCUT2D eigenvalue weighted by Crippen LogP contribution is -2.33. The Balaban J connectivity index is 1.61. The van der Waals surface area contributed by atoms with Crippen molar-refractivity contribution in [1.82, 2.24) is 9.97 Å². The van der Waals surface area contributed by atoms with Crippen molar-refractivity contribution in [2.24, 2.45) is 5.92 Å². The number of hydrogen-bond acceptors (Lipinski definition) is 4. The second kappa shape index (κ2) is 7.43. The highest BCUT2D eigenvalue weighted by Crippen LogP contribution is 2.22. The molecule has 1 aromatic heterocycles. The van der Waals surface area contributed by atoms with Crippen LogP contribution in [-0.2, 0) is 11.2 Å². The number of nitrogens with zero attached hydrogens (tertiary/aromatic N) is 3. The third-order valence-electron chi connectivity index (χ3n) is 4.51. The van der Waals surface area contributed by atoms with Crippen molar-refractivity contribution in [3.05, 3.63) is 47.8 Å². The van der Waals surface area contributed by atoms with E-state index in [-0.39, 0.29) is 5.91 Å². The summed E-state index contributed by atoms with van der Waals surface area (Å²) >= 11 is 0. The Morgan fingerprint density at radius 2 is 1.92 bits per heavy atom. The summed E-state index contributed by atoms with van der Waals surface area (Å²) in [6.07, 6.45) is 4.23. The number of benzene rings is 1. The second-order valence-electron chi connectivity index (χ2n) is 6.64. The second-order valence-corrected chi connectivity index (χ2v) is 6.64. The molecule has 1 fully saturated rings. The predicted octanol–water partition coefficient (Wildman–Crippen LogP) is 3.20. The van der Waals surface area contributed by atoms with E-state index in [1.807, 2.05) is 37.3 Å².